The maximum Gasteiger partial charge on any atom is 0.247 e. The van der Waals surface area contributed by atoms with E-state index in [2.05, 4.69) is 11.9 Å². The van der Waals surface area contributed by atoms with Crippen molar-refractivity contribution >= 4 is 35.0 Å². The van der Waals surface area contributed by atoms with Crippen molar-refractivity contribution in [1.29, 1.82) is 0 Å². The molecule has 0 fully saturated rings. The molecule has 0 aromatic heterocycles. The Bertz CT molecular complexity index is 1050. The van der Waals surface area contributed by atoms with Gasteiger partial charge in [0, 0.05) is 23.1 Å². The van der Waals surface area contributed by atoms with Gasteiger partial charge in [0.25, 0.3) is 0 Å². The second kappa shape index (κ2) is 11.5. The summed E-state index contributed by atoms with van der Waals surface area (Å²) in [6.07, 6.45) is 1.75. The summed E-state index contributed by atoms with van der Waals surface area (Å²) in [6.45, 7) is 4.23. The van der Waals surface area contributed by atoms with Gasteiger partial charge in [0.15, 0.2) is 0 Å². The molecule has 0 aliphatic rings. The van der Waals surface area contributed by atoms with Gasteiger partial charge in [-0.1, -0.05) is 83.9 Å². The van der Waals surface area contributed by atoms with Gasteiger partial charge in [-0.15, -0.1) is 6.58 Å². The number of nitrogens with one attached hydrogen (secondary N) is 1. The first-order valence-corrected chi connectivity index (χ1v) is 11.0. The molecule has 1 unspecified atom stereocenters. The minimum atomic E-state index is -0.799. The van der Waals surface area contributed by atoms with Gasteiger partial charge in [0.05, 0.1) is 6.42 Å². The number of amides is 2. The molecule has 6 heteroatoms. The number of benzene rings is 3. The van der Waals surface area contributed by atoms with Crippen LogP contribution in [0.25, 0.3) is 0 Å². The van der Waals surface area contributed by atoms with E-state index in [0.29, 0.717) is 16.6 Å². The molecule has 0 saturated heterocycles. The second-order valence-corrected chi connectivity index (χ2v) is 8.17. The second-order valence-electron chi connectivity index (χ2n) is 7.30. The van der Waals surface area contributed by atoms with Crippen molar-refractivity contribution in [1.82, 2.24) is 10.2 Å². The zero-order chi connectivity index (χ0) is 22.9. The fourth-order valence-electron chi connectivity index (χ4n) is 3.37. The summed E-state index contributed by atoms with van der Waals surface area (Å²) in [5.74, 6) is -0.445. The highest BCUT2D eigenvalue weighted by atomic mass is 35.5. The molecule has 3 rings (SSSR count). The van der Waals surface area contributed by atoms with E-state index in [1.807, 2.05) is 54.6 Å². The van der Waals surface area contributed by atoms with E-state index in [1.165, 1.54) is 0 Å². The Morgan fingerprint density at radius 3 is 2.00 bits per heavy atom. The van der Waals surface area contributed by atoms with Crippen LogP contribution in [-0.4, -0.2) is 23.3 Å². The predicted molar refractivity (Wildman–Crippen MR) is 130 cm³/mol. The minimum absolute atomic E-state index is 0.142. The van der Waals surface area contributed by atoms with Crippen LogP contribution in [0, 0.1) is 0 Å². The van der Waals surface area contributed by atoms with Crippen LogP contribution < -0.4 is 5.32 Å². The van der Waals surface area contributed by atoms with Gasteiger partial charge in [-0.2, -0.15) is 0 Å². The van der Waals surface area contributed by atoms with Crippen LogP contribution >= 0.6 is 23.2 Å². The first-order chi connectivity index (χ1) is 15.5. The zero-order valence-corrected chi connectivity index (χ0v) is 19.0. The van der Waals surface area contributed by atoms with Crippen LogP contribution in [0.15, 0.2) is 91.5 Å². The van der Waals surface area contributed by atoms with E-state index in [4.69, 9.17) is 23.2 Å². The zero-order valence-electron chi connectivity index (χ0n) is 17.5. The van der Waals surface area contributed by atoms with E-state index >= 15 is 0 Å². The van der Waals surface area contributed by atoms with Gasteiger partial charge in [0.2, 0.25) is 11.8 Å². The Hall–Kier alpha value is -3.08. The number of carbonyl (C=O) groups is 2. The van der Waals surface area contributed by atoms with Crippen molar-refractivity contribution < 1.29 is 9.59 Å². The third-order valence-corrected chi connectivity index (χ3v) is 5.46. The lowest BCUT2D eigenvalue weighted by molar-refractivity contribution is -0.141. The van der Waals surface area contributed by atoms with Gasteiger partial charge < -0.3 is 10.2 Å². The maximum atomic E-state index is 13.5. The molecule has 0 radical (unpaired) electrons. The Kier molecular flexibility index (Phi) is 8.48. The molecule has 0 bridgehead atoms. The highest BCUT2D eigenvalue weighted by molar-refractivity contribution is 6.30. The lowest BCUT2D eigenvalue weighted by Crippen LogP contribution is -2.44. The summed E-state index contributed by atoms with van der Waals surface area (Å²) in [5, 5.41) is 4.05. The molecular formula is C26H24Cl2N2O2. The third kappa shape index (κ3) is 6.46. The van der Waals surface area contributed by atoms with E-state index < -0.39 is 6.04 Å². The minimum Gasteiger partial charge on any atom is -0.351 e. The average molecular weight is 467 g/mol. The van der Waals surface area contributed by atoms with Crippen molar-refractivity contribution in [2.45, 2.75) is 19.0 Å². The number of nitrogens with zero attached hydrogens (tertiary/aromatic N) is 1. The predicted octanol–water partition coefficient (Wildman–Crippen LogP) is 5.61. The number of rotatable bonds is 9. The maximum absolute atomic E-state index is 13.5. The largest absolute Gasteiger partial charge is 0.351 e. The first kappa shape index (κ1) is 23.6. The highest BCUT2D eigenvalue weighted by Crippen LogP contribution is 2.25. The van der Waals surface area contributed by atoms with E-state index in [1.54, 1.807) is 35.2 Å². The van der Waals surface area contributed by atoms with Gasteiger partial charge >= 0.3 is 0 Å². The highest BCUT2D eigenvalue weighted by Gasteiger charge is 2.31. The van der Waals surface area contributed by atoms with Crippen molar-refractivity contribution in [2.75, 3.05) is 6.54 Å². The Balaban J connectivity index is 1.98. The van der Waals surface area contributed by atoms with E-state index in [9.17, 15) is 9.59 Å². The Morgan fingerprint density at radius 2 is 1.44 bits per heavy atom. The molecule has 2 amide bonds. The fourth-order valence-corrected chi connectivity index (χ4v) is 3.62. The van der Waals surface area contributed by atoms with Crippen LogP contribution in [0.3, 0.4) is 0 Å². The SMILES string of the molecule is C=CCNC(=O)C(c1ccccc1)N(Cc1ccc(Cl)cc1)C(=O)Cc1ccc(Cl)cc1. The topological polar surface area (TPSA) is 49.4 Å². The molecule has 4 nitrogen and oxygen atoms in total. The molecule has 32 heavy (non-hydrogen) atoms. The molecule has 0 spiro atoms. The molecular weight excluding hydrogens is 443 g/mol. The quantitative estimate of drug-likeness (QED) is 0.416. The molecule has 0 saturated carbocycles. The molecule has 3 aromatic rings. The van der Waals surface area contributed by atoms with Gasteiger partial charge in [-0.05, 0) is 41.0 Å². The smallest absolute Gasteiger partial charge is 0.247 e. The number of carbonyl (C=O) groups excluding carboxylic acids is 2. The number of halogens is 2. The average Bonchev–Trinajstić information content (AvgIpc) is 2.80. The summed E-state index contributed by atoms with van der Waals surface area (Å²) >= 11 is 12.0. The molecule has 0 aliphatic carbocycles. The van der Waals surface area contributed by atoms with Crippen molar-refractivity contribution in [2.24, 2.45) is 0 Å². The molecule has 0 aliphatic heterocycles. The Morgan fingerprint density at radius 1 is 0.875 bits per heavy atom. The van der Waals surface area contributed by atoms with Gasteiger partial charge in [-0.3, -0.25) is 9.59 Å². The molecule has 1 N–H and O–H groups in total. The van der Waals surface area contributed by atoms with Crippen molar-refractivity contribution in [3.63, 3.8) is 0 Å². The van der Waals surface area contributed by atoms with Crippen LogP contribution in [0.5, 0.6) is 0 Å². The van der Waals surface area contributed by atoms with Crippen LogP contribution in [0.4, 0.5) is 0 Å². The lowest BCUT2D eigenvalue weighted by atomic mass is 10.0. The van der Waals surface area contributed by atoms with Crippen molar-refractivity contribution in [3.05, 3.63) is 118 Å². The fraction of sp³-hybridized carbons (Fsp3) is 0.154. The van der Waals surface area contributed by atoms with Gasteiger partial charge in [0.1, 0.15) is 6.04 Å². The Labute approximate surface area is 198 Å². The summed E-state index contributed by atoms with van der Waals surface area (Å²) in [6, 6.07) is 22.9. The van der Waals surface area contributed by atoms with Crippen LogP contribution in [-0.2, 0) is 22.6 Å². The standard InChI is InChI=1S/C26H24Cl2N2O2/c1-2-16-29-26(32)25(21-6-4-3-5-7-21)30(18-20-10-14-23(28)15-11-20)24(31)17-19-8-12-22(27)13-9-19/h2-15,25H,1,16-18H2,(H,29,32). The van der Waals surface area contributed by atoms with E-state index in [0.717, 1.165) is 16.7 Å². The molecule has 0 heterocycles. The third-order valence-electron chi connectivity index (χ3n) is 4.95. The molecule has 1 atom stereocenters. The van der Waals surface area contributed by atoms with Crippen LogP contribution in [0.1, 0.15) is 22.7 Å². The summed E-state index contributed by atoms with van der Waals surface area (Å²) < 4.78 is 0. The monoisotopic (exact) mass is 466 g/mol. The normalized spacial score (nSPS) is 11.4. The lowest BCUT2D eigenvalue weighted by Gasteiger charge is -2.31. The molecule has 164 valence electrons. The summed E-state index contributed by atoms with van der Waals surface area (Å²) in [4.78, 5) is 28.3. The first-order valence-electron chi connectivity index (χ1n) is 10.2. The summed E-state index contributed by atoms with van der Waals surface area (Å²) in [5.41, 5.74) is 2.42. The molecule has 3 aromatic carbocycles. The number of hydrogen-bond donors (Lipinski definition) is 1. The van der Waals surface area contributed by atoms with Crippen molar-refractivity contribution in [3.8, 4) is 0 Å². The van der Waals surface area contributed by atoms with Gasteiger partial charge in [-0.25, -0.2) is 0 Å². The van der Waals surface area contributed by atoms with Crippen LogP contribution in [0.2, 0.25) is 10.0 Å². The summed E-state index contributed by atoms with van der Waals surface area (Å²) in [7, 11) is 0. The number of hydrogen-bond acceptors (Lipinski definition) is 2. The van der Waals surface area contributed by atoms with E-state index in [-0.39, 0.29) is 24.8 Å².